The van der Waals surface area contributed by atoms with Gasteiger partial charge >= 0.3 is 0 Å². The molecule has 0 unspecified atom stereocenters. The van der Waals surface area contributed by atoms with Crippen LogP contribution in [0.5, 0.6) is 0 Å². The molecule has 3 nitrogen and oxygen atoms in total. The predicted octanol–water partition coefficient (Wildman–Crippen LogP) is 1.20. The van der Waals surface area contributed by atoms with Gasteiger partial charge in [0, 0.05) is 0 Å². The Kier molecular flexibility index (Phi) is 5.46. The summed E-state index contributed by atoms with van der Waals surface area (Å²) in [5.41, 5.74) is -0.738. The lowest BCUT2D eigenvalue weighted by Gasteiger charge is -2.17. The first-order chi connectivity index (χ1) is 5.42. The van der Waals surface area contributed by atoms with E-state index in [9.17, 15) is 5.11 Å². The molecule has 0 spiro atoms. The van der Waals surface area contributed by atoms with Gasteiger partial charge in [-0.3, -0.25) is 0 Å². The SMILES string of the molecule is CC(C)OCCOCC(C)(C)O. The van der Waals surface area contributed by atoms with E-state index in [4.69, 9.17) is 9.47 Å². The highest BCUT2D eigenvalue weighted by atomic mass is 16.5. The Balaban J connectivity index is 3.12. The van der Waals surface area contributed by atoms with E-state index < -0.39 is 5.60 Å². The zero-order valence-corrected chi connectivity index (χ0v) is 8.46. The molecule has 0 aromatic carbocycles. The van der Waals surface area contributed by atoms with Gasteiger partial charge in [-0.1, -0.05) is 0 Å². The van der Waals surface area contributed by atoms with Gasteiger partial charge < -0.3 is 14.6 Å². The van der Waals surface area contributed by atoms with Crippen LogP contribution in [0.15, 0.2) is 0 Å². The highest BCUT2D eigenvalue weighted by molar-refractivity contribution is 4.62. The van der Waals surface area contributed by atoms with Gasteiger partial charge in [0.1, 0.15) is 0 Å². The standard InChI is InChI=1S/C9H20O3/c1-8(2)12-6-5-11-7-9(3,4)10/h8,10H,5-7H2,1-4H3. The molecule has 0 saturated carbocycles. The van der Waals surface area contributed by atoms with Gasteiger partial charge in [-0.2, -0.15) is 0 Å². The average molecular weight is 176 g/mol. The molecule has 0 aliphatic heterocycles. The maximum absolute atomic E-state index is 9.26. The molecule has 3 heteroatoms. The maximum atomic E-state index is 9.26. The monoisotopic (exact) mass is 176 g/mol. The zero-order chi connectivity index (χ0) is 9.61. The smallest absolute Gasteiger partial charge is 0.0824 e. The predicted molar refractivity (Wildman–Crippen MR) is 48.2 cm³/mol. The quantitative estimate of drug-likeness (QED) is 0.618. The second kappa shape index (κ2) is 5.51. The number of hydrogen-bond donors (Lipinski definition) is 1. The van der Waals surface area contributed by atoms with Crippen LogP contribution < -0.4 is 0 Å². The first-order valence-corrected chi connectivity index (χ1v) is 4.33. The Morgan fingerprint density at radius 3 is 2.25 bits per heavy atom. The van der Waals surface area contributed by atoms with Crippen molar-refractivity contribution in [1.29, 1.82) is 0 Å². The third-order valence-electron chi connectivity index (χ3n) is 1.13. The van der Waals surface area contributed by atoms with E-state index in [-0.39, 0.29) is 6.10 Å². The molecule has 0 bridgehead atoms. The van der Waals surface area contributed by atoms with Crippen molar-refractivity contribution in [2.45, 2.75) is 39.4 Å². The number of aliphatic hydroxyl groups is 1. The van der Waals surface area contributed by atoms with Crippen molar-refractivity contribution in [3.63, 3.8) is 0 Å². The van der Waals surface area contributed by atoms with Crippen LogP contribution in [0, 0.1) is 0 Å². The van der Waals surface area contributed by atoms with Gasteiger partial charge in [0.05, 0.1) is 31.5 Å². The van der Waals surface area contributed by atoms with Crippen molar-refractivity contribution in [1.82, 2.24) is 0 Å². The van der Waals surface area contributed by atoms with Gasteiger partial charge in [-0.15, -0.1) is 0 Å². The summed E-state index contributed by atoms with van der Waals surface area (Å²) < 4.78 is 10.4. The number of rotatable bonds is 6. The minimum Gasteiger partial charge on any atom is -0.388 e. The first kappa shape index (κ1) is 11.9. The molecular weight excluding hydrogens is 156 g/mol. The third kappa shape index (κ3) is 9.88. The van der Waals surface area contributed by atoms with Crippen LogP contribution >= 0.6 is 0 Å². The van der Waals surface area contributed by atoms with Crippen molar-refractivity contribution in [2.75, 3.05) is 19.8 Å². The minimum atomic E-state index is -0.738. The van der Waals surface area contributed by atoms with Crippen LogP contribution in [0.25, 0.3) is 0 Å². The summed E-state index contributed by atoms with van der Waals surface area (Å²) in [6, 6.07) is 0. The fraction of sp³-hybridized carbons (Fsp3) is 1.00. The lowest BCUT2D eigenvalue weighted by Crippen LogP contribution is -2.27. The van der Waals surface area contributed by atoms with E-state index in [1.165, 1.54) is 0 Å². The summed E-state index contributed by atoms with van der Waals surface area (Å²) in [5, 5.41) is 9.26. The van der Waals surface area contributed by atoms with E-state index in [2.05, 4.69) is 0 Å². The Morgan fingerprint density at radius 1 is 1.25 bits per heavy atom. The van der Waals surface area contributed by atoms with E-state index in [1.807, 2.05) is 13.8 Å². The van der Waals surface area contributed by atoms with Crippen molar-refractivity contribution in [3.05, 3.63) is 0 Å². The van der Waals surface area contributed by atoms with E-state index in [0.717, 1.165) is 0 Å². The van der Waals surface area contributed by atoms with E-state index >= 15 is 0 Å². The van der Waals surface area contributed by atoms with Crippen molar-refractivity contribution >= 4 is 0 Å². The summed E-state index contributed by atoms with van der Waals surface area (Å²) >= 11 is 0. The first-order valence-electron chi connectivity index (χ1n) is 4.33. The second-order valence-corrected chi connectivity index (χ2v) is 3.78. The molecular formula is C9H20O3. The van der Waals surface area contributed by atoms with Gasteiger partial charge in [0.25, 0.3) is 0 Å². The van der Waals surface area contributed by atoms with Crippen LogP contribution in [0.3, 0.4) is 0 Å². The highest BCUT2D eigenvalue weighted by Gasteiger charge is 2.11. The Bertz CT molecular complexity index is 105. The third-order valence-corrected chi connectivity index (χ3v) is 1.13. The summed E-state index contributed by atoms with van der Waals surface area (Å²) in [6.07, 6.45) is 0.246. The van der Waals surface area contributed by atoms with Crippen molar-refractivity contribution in [2.24, 2.45) is 0 Å². The van der Waals surface area contributed by atoms with Crippen LogP contribution in [0.2, 0.25) is 0 Å². The number of hydrogen-bond acceptors (Lipinski definition) is 3. The minimum absolute atomic E-state index is 0.246. The molecule has 0 aliphatic rings. The average Bonchev–Trinajstić information content (AvgIpc) is 1.83. The molecule has 0 atom stereocenters. The van der Waals surface area contributed by atoms with Crippen LogP contribution in [0.1, 0.15) is 27.7 Å². The summed E-state index contributed by atoms with van der Waals surface area (Å²) in [6.45, 7) is 8.89. The molecule has 1 N–H and O–H groups in total. The maximum Gasteiger partial charge on any atom is 0.0824 e. The van der Waals surface area contributed by atoms with E-state index in [0.29, 0.717) is 19.8 Å². The van der Waals surface area contributed by atoms with Crippen molar-refractivity contribution in [3.8, 4) is 0 Å². The highest BCUT2D eigenvalue weighted by Crippen LogP contribution is 2.00. The Morgan fingerprint density at radius 2 is 1.83 bits per heavy atom. The van der Waals surface area contributed by atoms with Crippen LogP contribution in [-0.4, -0.2) is 36.6 Å². The summed E-state index contributed by atoms with van der Waals surface area (Å²) in [5.74, 6) is 0. The Hall–Kier alpha value is -0.120. The van der Waals surface area contributed by atoms with Gasteiger partial charge in [-0.25, -0.2) is 0 Å². The molecule has 0 radical (unpaired) electrons. The molecule has 0 amide bonds. The van der Waals surface area contributed by atoms with Gasteiger partial charge in [-0.05, 0) is 27.7 Å². The number of ether oxygens (including phenoxy) is 2. The molecule has 0 rings (SSSR count). The normalized spacial score (nSPS) is 12.5. The van der Waals surface area contributed by atoms with Gasteiger partial charge in [0.15, 0.2) is 0 Å². The molecule has 0 aromatic rings. The van der Waals surface area contributed by atoms with E-state index in [1.54, 1.807) is 13.8 Å². The lowest BCUT2D eigenvalue weighted by atomic mass is 10.2. The van der Waals surface area contributed by atoms with Crippen molar-refractivity contribution < 1.29 is 14.6 Å². The summed E-state index contributed by atoms with van der Waals surface area (Å²) in [4.78, 5) is 0. The molecule has 0 aromatic heterocycles. The lowest BCUT2D eigenvalue weighted by molar-refractivity contribution is -0.0440. The largest absolute Gasteiger partial charge is 0.388 e. The fourth-order valence-corrected chi connectivity index (χ4v) is 0.665. The molecule has 0 heterocycles. The molecule has 12 heavy (non-hydrogen) atoms. The molecule has 0 fully saturated rings. The zero-order valence-electron chi connectivity index (χ0n) is 8.46. The molecule has 0 aliphatic carbocycles. The molecule has 74 valence electrons. The molecule has 0 saturated heterocycles. The van der Waals surface area contributed by atoms with Gasteiger partial charge in [0.2, 0.25) is 0 Å². The van der Waals surface area contributed by atoms with Crippen LogP contribution in [-0.2, 0) is 9.47 Å². The topological polar surface area (TPSA) is 38.7 Å². The Labute approximate surface area is 74.7 Å². The van der Waals surface area contributed by atoms with Crippen LogP contribution in [0.4, 0.5) is 0 Å². The second-order valence-electron chi connectivity index (χ2n) is 3.78. The summed E-state index contributed by atoms with van der Waals surface area (Å²) in [7, 11) is 0. The fourth-order valence-electron chi connectivity index (χ4n) is 0.665.